The Morgan fingerprint density at radius 3 is 1.41 bits per heavy atom. The number of unbranched alkanes of at least 4 members (excludes halogenated alkanes) is 29. The first-order valence-corrected chi connectivity index (χ1v) is 25.7. The molecule has 1 saturated heterocycles. The first kappa shape index (κ1) is 57.4. The van der Waals surface area contributed by atoms with Crippen LogP contribution in [0, 0.1) is 0 Å². The Labute approximate surface area is 374 Å². The number of aliphatic hydroxyl groups is 5. The Hall–Kier alpha value is -1.59. The van der Waals surface area contributed by atoms with E-state index in [4.69, 9.17) is 9.47 Å². The molecule has 1 aliphatic rings. The molecule has 0 radical (unpaired) electrons. The van der Waals surface area contributed by atoms with E-state index in [2.05, 4.69) is 43.5 Å². The number of allylic oxidation sites excluding steroid dienone is 5. The number of nitrogens with one attached hydrogen (secondary N) is 1. The maximum absolute atomic E-state index is 13.0. The molecule has 1 aliphatic heterocycles. The van der Waals surface area contributed by atoms with Crippen molar-refractivity contribution in [2.45, 2.75) is 275 Å². The highest BCUT2D eigenvalue weighted by Gasteiger charge is 2.44. The lowest BCUT2D eigenvalue weighted by molar-refractivity contribution is -0.302. The fraction of sp³-hybridized carbons (Fsp3) is 0.865. The van der Waals surface area contributed by atoms with Crippen LogP contribution >= 0.6 is 0 Å². The average Bonchev–Trinajstić information content (AvgIpc) is 3.26. The lowest BCUT2D eigenvalue weighted by Gasteiger charge is -2.40. The van der Waals surface area contributed by atoms with Gasteiger partial charge in [0.1, 0.15) is 24.4 Å². The fourth-order valence-corrected chi connectivity index (χ4v) is 8.07. The maximum atomic E-state index is 13.0. The predicted octanol–water partition coefficient (Wildman–Crippen LogP) is 11.6. The number of rotatable bonds is 43. The summed E-state index contributed by atoms with van der Waals surface area (Å²) in [7, 11) is 0. The van der Waals surface area contributed by atoms with Gasteiger partial charge in [0.25, 0.3) is 0 Å². The van der Waals surface area contributed by atoms with Gasteiger partial charge in [0.2, 0.25) is 5.91 Å². The van der Waals surface area contributed by atoms with Gasteiger partial charge in [-0.05, 0) is 51.4 Å². The minimum Gasteiger partial charge on any atom is -0.394 e. The van der Waals surface area contributed by atoms with Crippen molar-refractivity contribution in [3.8, 4) is 0 Å². The van der Waals surface area contributed by atoms with Crippen LogP contribution in [-0.4, -0.2) is 87.5 Å². The van der Waals surface area contributed by atoms with Crippen LogP contribution in [0.25, 0.3) is 0 Å². The third-order valence-electron chi connectivity index (χ3n) is 12.2. The summed E-state index contributed by atoms with van der Waals surface area (Å²) in [4.78, 5) is 13.0. The van der Waals surface area contributed by atoms with E-state index < -0.39 is 49.5 Å². The molecule has 0 aromatic rings. The van der Waals surface area contributed by atoms with Crippen molar-refractivity contribution >= 4 is 5.91 Å². The van der Waals surface area contributed by atoms with E-state index in [0.717, 1.165) is 44.9 Å². The molecule has 1 heterocycles. The molecule has 0 aliphatic carbocycles. The smallest absolute Gasteiger partial charge is 0.220 e. The summed E-state index contributed by atoms with van der Waals surface area (Å²) in [6.07, 6.45) is 46.5. The molecule has 0 aromatic carbocycles. The van der Waals surface area contributed by atoms with Gasteiger partial charge in [0.05, 0.1) is 25.4 Å². The standard InChI is InChI=1S/C52H97NO8/c1-3-5-7-9-11-13-14-15-16-17-18-19-20-21-22-23-24-25-26-27-28-29-30-31-32-34-36-38-40-42-48(56)53-45(46(55)41-39-37-35-33-12-10-8-6-4-2)44-60-52-51(59)50(58)49(57)47(43-54)61-52/h14-15,17-18,39,41,45-47,49-52,54-55,57-59H,3-13,16,19-38,40,42-44H2,1-2H3,(H,53,56)/b15-14-,18-17-,41-39+. The zero-order valence-electron chi connectivity index (χ0n) is 39.4. The average molecular weight is 864 g/mol. The van der Waals surface area contributed by atoms with Crippen LogP contribution in [0.15, 0.2) is 36.5 Å². The molecule has 61 heavy (non-hydrogen) atoms. The van der Waals surface area contributed by atoms with E-state index >= 15 is 0 Å². The molecule has 0 saturated carbocycles. The van der Waals surface area contributed by atoms with Gasteiger partial charge < -0.3 is 40.3 Å². The van der Waals surface area contributed by atoms with Crippen molar-refractivity contribution < 1.29 is 39.8 Å². The van der Waals surface area contributed by atoms with Crippen molar-refractivity contribution in [2.24, 2.45) is 0 Å². The van der Waals surface area contributed by atoms with E-state index in [1.54, 1.807) is 6.08 Å². The van der Waals surface area contributed by atoms with E-state index in [1.165, 1.54) is 167 Å². The topological polar surface area (TPSA) is 149 Å². The Bertz CT molecular complexity index is 1050. The highest BCUT2D eigenvalue weighted by atomic mass is 16.7. The molecule has 1 fully saturated rings. The van der Waals surface area contributed by atoms with Gasteiger partial charge in [0, 0.05) is 6.42 Å². The minimum atomic E-state index is -1.56. The summed E-state index contributed by atoms with van der Waals surface area (Å²) < 4.78 is 11.2. The van der Waals surface area contributed by atoms with Crippen LogP contribution in [0.3, 0.4) is 0 Å². The minimum absolute atomic E-state index is 0.178. The maximum Gasteiger partial charge on any atom is 0.220 e. The van der Waals surface area contributed by atoms with E-state index in [9.17, 15) is 30.3 Å². The van der Waals surface area contributed by atoms with Gasteiger partial charge in [-0.15, -0.1) is 0 Å². The van der Waals surface area contributed by atoms with Crippen LogP contribution < -0.4 is 5.32 Å². The highest BCUT2D eigenvalue weighted by molar-refractivity contribution is 5.76. The Morgan fingerprint density at radius 2 is 0.967 bits per heavy atom. The van der Waals surface area contributed by atoms with Crippen molar-refractivity contribution in [2.75, 3.05) is 13.2 Å². The second-order valence-corrected chi connectivity index (χ2v) is 18.0. The third kappa shape index (κ3) is 32.7. The van der Waals surface area contributed by atoms with Crippen LogP contribution in [0.4, 0.5) is 0 Å². The normalized spacial score (nSPS) is 20.7. The van der Waals surface area contributed by atoms with Crippen LogP contribution in [0.5, 0.6) is 0 Å². The summed E-state index contributed by atoms with van der Waals surface area (Å²) in [6, 6.07) is -0.801. The van der Waals surface area contributed by atoms with Gasteiger partial charge in [-0.25, -0.2) is 0 Å². The molecule has 9 heteroatoms. The third-order valence-corrected chi connectivity index (χ3v) is 12.2. The lowest BCUT2D eigenvalue weighted by atomic mass is 9.99. The fourth-order valence-electron chi connectivity index (χ4n) is 8.07. The number of ether oxygens (including phenoxy) is 2. The van der Waals surface area contributed by atoms with Gasteiger partial charge in [-0.1, -0.05) is 211 Å². The second kappa shape index (κ2) is 42.4. The largest absolute Gasteiger partial charge is 0.394 e. The molecular formula is C52H97NO8. The summed E-state index contributed by atoms with van der Waals surface area (Å²) in [6.45, 7) is 3.74. The lowest BCUT2D eigenvalue weighted by Crippen LogP contribution is -2.60. The monoisotopic (exact) mass is 864 g/mol. The SMILES string of the molecule is CCCCCCC/C=C\C/C=C\CCCCCCCCCCCCCCCCCCCC(=O)NC(COC1OC(CO)C(O)C(O)C1O)C(O)/C=C/CCCCCCCCC. The molecule has 0 spiro atoms. The number of amides is 1. The van der Waals surface area contributed by atoms with Crippen LogP contribution in [0.2, 0.25) is 0 Å². The Kier molecular flexibility index (Phi) is 39.9. The van der Waals surface area contributed by atoms with Crippen molar-refractivity contribution in [1.82, 2.24) is 5.32 Å². The summed E-state index contributed by atoms with van der Waals surface area (Å²) >= 11 is 0. The first-order chi connectivity index (χ1) is 29.8. The molecule has 0 bridgehead atoms. The number of aliphatic hydroxyl groups excluding tert-OH is 5. The quantitative estimate of drug-likeness (QED) is 0.0262. The Balaban J connectivity index is 2.13. The van der Waals surface area contributed by atoms with Gasteiger partial charge in [-0.3, -0.25) is 4.79 Å². The van der Waals surface area contributed by atoms with Crippen molar-refractivity contribution in [3.05, 3.63) is 36.5 Å². The van der Waals surface area contributed by atoms with Crippen molar-refractivity contribution in [3.63, 3.8) is 0 Å². The number of hydrogen-bond acceptors (Lipinski definition) is 8. The molecule has 9 nitrogen and oxygen atoms in total. The van der Waals surface area contributed by atoms with Crippen LogP contribution in [0.1, 0.15) is 232 Å². The van der Waals surface area contributed by atoms with E-state index in [1.807, 2.05) is 6.08 Å². The molecule has 7 atom stereocenters. The number of carbonyl (C=O) groups is 1. The van der Waals surface area contributed by atoms with E-state index in [0.29, 0.717) is 6.42 Å². The molecule has 0 aromatic heterocycles. The molecule has 358 valence electrons. The summed E-state index contributed by atoms with van der Waals surface area (Å²) in [5.74, 6) is -0.178. The Morgan fingerprint density at radius 1 is 0.557 bits per heavy atom. The van der Waals surface area contributed by atoms with E-state index in [-0.39, 0.29) is 12.5 Å². The van der Waals surface area contributed by atoms with Gasteiger partial charge in [-0.2, -0.15) is 0 Å². The van der Waals surface area contributed by atoms with Gasteiger partial charge in [0.15, 0.2) is 6.29 Å². The van der Waals surface area contributed by atoms with Crippen LogP contribution in [-0.2, 0) is 14.3 Å². The number of carbonyl (C=O) groups excluding carboxylic acids is 1. The highest BCUT2D eigenvalue weighted by Crippen LogP contribution is 2.23. The molecule has 7 unspecified atom stereocenters. The zero-order chi connectivity index (χ0) is 44.4. The zero-order valence-corrected chi connectivity index (χ0v) is 39.4. The molecular weight excluding hydrogens is 767 g/mol. The summed E-state index contributed by atoms with van der Waals surface area (Å²) in [5.41, 5.74) is 0. The molecule has 1 amide bonds. The molecule has 6 N–H and O–H groups in total. The predicted molar refractivity (Wildman–Crippen MR) is 253 cm³/mol. The second-order valence-electron chi connectivity index (χ2n) is 18.0. The van der Waals surface area contributed by atoms with Gasteiger partial charge >= 0.3 is 0 Å². The van der Waals surface area contributed by atoms with Crippen molar-refractivity contribution in [1.29, 1.82) is 0 Å². The summed E-state index contributed by atoms with van der Waals surface area (Å²) in [5, 5.41) is 54.1. The first-order valence-electron chi connectivity index (χ1n) is 25.7. The number of hydrogen-bond donors (Lipinski definition) is 6. The molecule has 1 rings (SSSR count).